The maximum atomic E-state index is 11.0. The van der Waals surface area contributed by atoms with Gasteiger partial charge in [-0.1, -0.05) is 79.4 Å². The summed E-state index contributed by atoms with van der Waals surface area (Å²) in [6.45, 7) is 3.64. The molecule has 1 N–H and O–H groups in total. The summed E-state index contributed by atoms with van der Waals surface area (Å²) in [4.78, 5) is 11.0. The maximum Gasteiger partial charge on any atom is 0.330 e. The number of hydrogen-bond acceptors (Lipinski definition) is 1. The van der Waals surface area contributed by atoms with Crippen LogP contribution in [0.3, 0.4) is 0 Å². The van der Waals surface area contributed by atoms with Gasteiger partial charge in [0.15, 0.2) is 0 Å². The molecular weight excluding hydrogens is 260 g/mol. The SMILES string of the molecule is C=C(CC(C=Cc1ccccc1)c1ccccc1)C(=O)O. The standard InChI is InChI=1S/C19H18O2/c1-15(19(20)21)14-18(17-10-6-3-7-11-17)13-12-16-8-4-2-5-9-16/h2-13,18H,1,14H2,(H,20,21). The minimum Gasteiger partial charge on any atom is -0.478 e. The van der Waals surface area contributed by atoms with Crippen LogP contribution in [0.25, 0.3) is 6.08 Å². The van der Waals surface area contributed by atoms with Crippen LogP contribution in [0.5, 0.6) is 0 Å². The molecule has 0 radical (unpaired) electrons. The molecule has 106 valence electrons. The first-order chi connectivity index (χ1) is 10.2. The number of rotatable bonds is 6. The molecule has 0 saturated heterocycles. The molecule has 0 amide bonds. The first-order valence-electron chi connectivity index (χ1n) is 6.86. The Morgan fingerprint density at radius 3 is 2.19 bits per heavy atom. The van der Waals surface area contributed by atoms with Crippen molar-refractivity contribution in [2.24, 2.45) is 0 Å². The quantitative estimate of drug-likeness (QED) is 0.789. The molecule has 21 heavy (non-hydrogen) atoms. The number of carboxylic acids is 1. The average molecular weight is 278 g/mol. The van der Waals surface area contributed by atoms with Crippen molar-refractivity contribution in [1.82, 2.24) is 0 Å². The highest BCUT2D eigenvalue weighted by atomic mass is 16.4. The molecule has 2 aromatic rings. The van der Waals surface area contributed by atoms with Gasteiger partial charge < -0.3 is 5.11 Å². The Morgan fingerprint density at radius 1 is 1.05 bits per heavy atom. The van der Waals surface area contributed by atoms with Gasteiger partial charge in [-0.25, -0.2) is 4.79 Å². The Hall–Kier alpha value is -2.61. The minimum absolute atomic E-state index is 0.00926. The number of allylic oxidation sites excluding steroid dienone is 1. The topological polar surface area (TPSA) is 37.3 Å². The summed E-state index contributed by atoms with van der Waals surface area (Å²) in [5.41, 5.74) is 2.41. The van der Waals surface area contributed by atoms with Crippen LogP contribution in [-0.4, -0.2) is 11.1 Å². The van der Waals surface area contributed by atoms with E-state index in [1.807, 2.05) is 72.8 Å². The molecule has 0 aromatic heterocycles. The zero-order valence-electron chi connectivity index (χ0n) is 11.8. The van der Waals surface area contributed by atoms with Gasteiger partial charge in [0.05, 0.1) is 0 Å². The molecule has 2 nitrogen and oxygen atoms in total. The molecule has 2 heteroatoms. The summed E-state index contributed by atoms with van der Waals surface area (Å²) in [6.07, 6.45) is 4.47. The van der Waals surface area contributed by atoms with Crippen molar-refractivity contribution in [3.63, 3.8) is 0 Å². The monoisotopic (exact) mass is 278 g/mol. The predicted molar refractivity (Wildman–Crippen MR) is 86.1 cm³/mol. The number of hydrogen-bond donors (Lipinski definition) is 1. The first kappa shape index (κ1) is 14.8. The molecule has 1 unspecified atom stereocenters. The maximum absolute atomic E-state index is 11.0. The van der Waals surface area contributed by atoms with Gasteiger partial charge in [-0.05, 0) is 17.5 Å². The van der Waals surface area contributed by atoms with Crippen LogP contribution in [0.15, 0.2) is 78.9 Å². The first-order valence-corrected chi connectivity index (χ1v) is 6.86. The van der Waals surface area contributed by atoms with Crippen LogP contribution in [0, 0.1) is 0 Å². The summed E-state index contributed by atoms with van der Waals surface area (Å²) in [5, 5.41) is 9.04. The van der Waals surface area contributed by atoms with E-state index in [4.69, 9.17) is 5.11 Å². The number of carbonyl (C=O) groups is 1. The van der Waals surface area contributed by atoms with Gasteiger partial charge in [-0.15, -0.1) is 0 Å². The van der Waals surface area contributed by atoms with Gasteiger partial charge in [0.2, 0.25) is 0 Å². The van der Waals surface area contributed by atoms with Gasteiger partial charge in [0, 0.05) is 11.5 Å². The largest absolute Gasteiger partial charge is 0.478 e. The molecule has 0 fully saturated rings. The molecule has 0 aliphatic carbocycles. The van der Waals surface area contributed by atoms with Crippen molar-refractivity contribution in [2.45, 2.75) is 12.3 Å². The van der Waals surface area contributed by atoms with Crippen molar-refractivity contribution in [3.05, 3.63) is 90.0 Å². The Bertz CT molecular complexity index is 627. The van der Waals surface area contributed by atoms with Crippen LogP contribution in [-0.2, 0) is 4.79 Å². The van der Waals surface area contributed by atoms with E-state index in [0.717, 1.165) is 11.1 Å². The third kappa shape index (κ3) is 4.46. The summed E-state index contributed by atoms with van der Waals surface area (Å²) >= 11 is 0. The summed E-state index contributed by atoms with van der Waals surface area (Å²) in [5.74, 6) is -0.931. The van der Waals surface area contributed by atoms with E-state index in [2.05, 4.69) is 6.58 Å². The Kier molecular flexibility index (Phi) is 5.10. The molecule has 0 aliphatic heterocycles. The van der Waals surface area contributed by atoms with Crippen molar-refractivity contribution in [3.8, 4) is 0 Å². The molecule has 0 saturated carbocycles. The lowest BCUT2D eigenvalue weighted by molar-refractivity contribution is -0.132. The summed E-state index contributed by atoms with van der Waals surface area (Å²) in [6, 6.07) is 19.9. The van der Waals surface area contributed by atoms with E-state index >= 15 is 0 Å². The van der Waals surface area contributed by atoms with Gasteiger partial charge in [0.1, 0.15) is 0 Å². The lowest BCUT2D eigenvalue weighted by Crippen LogP contribution is -2.04. The Balaban J connectivity index is 2.22. The van der Waals surface area contributed by atoms with Crippen molar-refractivity contribution >= 4 is 12.0 Å². The Labute approximate surface area is 125 Å². The second-order valence-electron chi connectivity index (χ2n) is 4.90. The lowest BCUT2D eigenvalue weighted by atomic mass is 9.91. The van der Waals surface area contributed by atoms with E-state index in [1.54, 1.807) is 0 Å². The van der Waals surface area contributed by atoms with Gasteiger partial charge in [0.25, 0.3) is 0 Å². The van der Waals surface area contributed by atoms with Gasteiger partial charge in [-0.2, -0.15) is 0 Å². The molecule has 2 rings (SSSR count). The van der Waals surface area contributed by atoms with Crippen LogP contribution < -0.4 is 0 Å². The number of benzene rings is 2. The smallest absolute Gasteiger partial charge is 0.330 e. The fourth-order valence-electron chi connectivity index (χ4n) is 2.14. The fraction of sp³-hybridized carbons (Fsp3) is 0.105. The zero-order valence-corrected chi connectivity index (χ0v) is 11.8. The highest BCUT2D eigenvalue weighted by Crippen LogP contribution is 2.25. The molecular formula is C19H18O2. The number of carboxylic acid groups (broad SMARTS) is 1. The molecule has 0 heterocycles. The summed E-state index contributed by atoms with van der Waals surface area (Å²) < 4.78 is 0. The van der Waals surface area contributed by atoms with Crippen LogP contribution in [0.2, 0.25) is 0 Å². The highest BCUT2D eigenvalue weighted by molar-refractivity contribution is 5.86. The van der Waals surface area contributed by atoms with Gasteiger partial charge >= 0.3 is 5.97 Å². The fourth-order valence-corrected chi connectivity index (χ4v) is 2.14. The van der Waals surface area contributed by atoms with Crippen molar-refractivity contribution in [1.29, 1.82) is 0 Å². The van der Waals surface area contributed by atoms with E-state index in [9.17, 15) is 4.79 Å². The second-order valence-corrected chi connectivity index (χ2v) is 4.90. The van der Waals surface area contributed by atoms with Crippen LogP contribution >= 0.6 is 0 Å². The minimum atomic E-state index is -0.941. The molecule has 0 spiro atoms. The van der Waals surface area contributed by atoms with E-state index in [1.165, 1.54) is 0 Å². The zero-order chi connectivity index (χ0) is 15.1. The van der Waals surface area contributed by atoms with Gasteiger partial charge in [-0.3, -0.25) is 0 Å². The van der Waals surface area contributed by atoms with Crippen molar-refractivity contribution in [2.75, 3.05) is 0 Å². The molecule has 2 aromatic carbocycles. The Morgan fingerprint density at radius 2 is 1.62 bits per heavy atom. The normalized spacial score (nSPS) is 12.2. The van der Waals surface area contributed by atoms with E-state index in [0.29, 0.717) is 6.42 Å². The van der Waals surface area contributed by atoms with Crippen LogP contribution in [0.4, 0.5) is 0 Å². The molecule has 0 bridgehead atoms. The highest BCUT2D eigenvalue weighted by Gasteiger charge is 2.13. The van der Waals surface area contributed by atoms with Crippen LogP contribution in [0.1, 0.15) is 23.5 Å². The third-order valence-electron chi connectivity index (χ3n) is 3.32. The average Bonchev–Trinajstić information content (AvgIpc) is 2.53. The van der Waals surface area contributed by atoms with E-state index < -0.39 is 5.97 Å². The number of aliphatic carboxylic acids is 1. The predicted octanol–water partition coefficient (Wildman–Crippen LogP) is 4.51. The lowest BCUT2D eigenvalue weighted by Gasteiger charge is -2.13. The summed E-state index contributed by atoms with van der Waals surface area (Å²) in [7, 11) is 0. The second kappa shape index (κ2) is 7.25. The molecule has 0 aliphatic rings. The molecule has 1 atom stereocenters. The van der Waals surface area contributed by atoms with E-state index in [-0.39, 0.29) is 11.5 Å². The van der Waals surface area contributed by atoms with Crippen molar-refractivity contribution < 1.29 is 9.90 Å². The third-order valence-corrected chi connectivity index (χ3v) is 3.32.